The van der Waals surface area contributed by atoms with E-state index in [2.05, 4.69) is 10.1 Å². The molecule has 12 nitrogen and oxygen atoms in total. The first-order chi connectivity index (χ1) is 18.1. The number of nitrogens with zero attached hydrogens (tertiary/aromatic N) is 1. The lowest BCUT2D eigenvalue weighted by molar-refractivity contribution is -0.152. The number of hydrogen-bond acceptors (Lipinski definition) is 9. The molecule has 0 amide bonds. The van der Waals surface area contributed by atoms with E-state index in [1.807, 2.05) is 0 Å². The number of ether oxygens (including phenoxy) is 3. The molecular formula is C24H31FN3O9P. The van der Waals surface area contributed by atoms with Gasteiger partial charge in [0, 0.05) is 11.8 Å². The molecule has 1 aromatic carbocycles. The van der Waals surface area contributed by atoms with Gasteiger partial charge in [-0.1, -0.05) is 6.42 Å². The molecule has 0 bridgehead atoms. The van der Waals surface area contributed by atoms with Crippen LogP contribution < -0.4 is 20.9 Å². The van der Waals surface area contributed by atoms with E-state index in [-0.39, 0.29) is 18.5 Å². The number of carbonyl (C=O) groups excluding carboxylic acids is 1. The summed E-state index contributed by atoms with van der Waals surface area (Å²) in [6.45, 7) is 2.57. The van der Waals surface area contributed by atoms with E-state index in [9.17, 15) is 23.3 Å². The molecule has 4 atom stereocenters. The van der Waals surface area contributed by atoms with Gasteiger partial charge in [-0.3, -0.25) is 23.7 Å². The minimum Gasteiger partial charge on any atom is -0.461 e. The van der Waals surface area contributed by atoms with Crippen LogP contribution in [0, 0.1) is 12.7 Å². The first-order valence-electron chi connectivity index (χ1n) is 12.4. The summed E-state index contributed by atoms with van der Waals surface area (Å²) in [6, 6.07) is 3.73. The Balaban J connectivity index is 1.41. The number of hydrogen-bond donors (Lipinski definition) is 2. The van der Waals surface area contributed by atoms with Gasteiger partial charge < -0.3 is 18.7 Å². The fourth-order valence-corrected chi connectivity index (χ4v) is 5.58. The monoisotopic (exact) mass is 555 g/mol. The second kappa shape index (κ2) is 12.4. The molecule has 4 rings (SSSR count). The largest absolute Gasteiger partial charge is 0.461 e. The molecule has 0 spiro atoms. The number of carbonyl (C=O) groups is 1. The number of H-pyrrole nitrogens is 1. The van der Waals surface area contributed by atoms with E-state index in [1.165, 1.54) is 29.8 Å². The van der Waals surface area contributed by atoms with Crippen molar-refractivity contribution in [2.45, 2.75) is 70.6 Å². The normalized spacial score (nSPS) is 22.5. The third-order valence-corrected chi connectivity index (χ3v) is 7.79. The van der Waals surface area contributed by atoms with Crippen LogP contribution in [0.25, 0.3) is 0 Å². The van der Waals surface area contributed by atoms with Crippen LogP contribution in [-0.2, 0) is 28.1 Å². The molecule has 1 aliphatic heterocycles. The first kappa shape index (κ1) is 28.2. The molecule has 2 fully saturated rings. The van der Waals surface area contributed by atoms with Crippen LogP contribution in [0.4, 0.5) is 4.39 Å². The van der Waals surface area contributed by atoms with Crippen molar-refractivity contribution in [1.29, 1.82) is 0 Å². The third kappa shape index (κ3) is 7.39. The molecule has 208 valence electrons. The number of rotatable bonds is 10. The van der Waals surface area contributed by atoms with Crippen LogP contribution in [0.2, 0.25) is 0 Å². The van der Waals surface area contributed by atoms with Gasteiger partial charge in [-0.15, -0.1) is 0 Å². The number of aromatic nitrogens is 2. The highest BCUT2D eigenvalue weighted by Crippen LogP contribution is 2.45. The van der Waals surface area contributed by atoms with Crippen LogP contribution in [-0.4, -0.2) is 47.2 Å². The van der Waals surface area contributed by atoms with Crippen molar-refractivity contribution >= 4 is 13.7 Å². The molecule has 1 unspecified atom stereocenters. The molecule has 1 saturated heterocycles. The highest BCUT2D eigenvalue weighted by Gasteiger charge is 2.36. The maximum Gasteiger partial charge on any atom is 0.459 e. The lowest BCUT2D eigenvalue weighted by Gasteiger charge is -2.26. The zero-order valence-electron chi connectivity index (χ0n) is 21.1. The second-order valence-corrected chi connectivity index (χ2v) is 10.9. The van der Waals surface area contributed by atoms with Crippen molar-refractivity contribution in [1.82, 2.24) is 14.6 Å². The van der Waals surface area contributed by atoms with Crippen molar-refractivity contribution in [3.05, 3.63) is 62.7 Å². The Bertz CT molecular complexity index is 1280. The van der Waals surface area contributed by atoms with E-state index in [0.29, 0.717) is 5.56 Å². The maximum atomic E-state index is 13.7. The molecular weight excluding hydrogens is 524 g/mol. The highest BCUT2D eigenvalue weighted by atomic mass is 31.2. The molecule has 38 heavy (non-hydrogen) atoms. The molecule has 1 saturated carbocycles. The van der Waals surface area contributed by atoms with E-state index < -0.39 is 55.9 Å². The van der Waals surface area contributed by atoms with E-state index in [4.69, 9.17) is 23.3 Å². The minimum absolute atomic E-state index is 0.0384. The topological polar surface area (TPSA) is 147 Å². The van der Waals surface area contributed by atoms with Gasteiger partial charge in [0.25, 0.3) is 5.56 Å². The minimum atomic E-state index is -4.24. The van der Waals surface area contributed by atoms with Crippen molar-refractivity contribution in [3.8, 4) is 5.75 Å². The highest BCUT2D eigenvalue weighted by molar-refractivity contribution is 7.52. The third-order valence-electron chi connectivity index (χ3n) is 6.15. The van der Waals surface area contributed by atoms with E-state index in [0.717, 1.165) is 44.2 Å². The fourth-order valence-electron chi connectivity index (χ4n) is 4.10. The standard InChI is InChI=1S/C24H31FN3O9P/c1-15-12-28(24(31)26-22(15)29)20-13-33-21(36-20)14-34-38(32,37-19-10-8-17(25)9-11-19)27-16(2)23(30)35-18-6-4-3-5-7-18/h8-12,16,18,20-21H,3-7,13-14H2,1-2H3,(H,27,32)(H,26,29,31)/t16-,20+,21+,38?/m0/s1. The molecule has 14 heteroatoms. The number of nitrogens with one attached hydrogen (secondary N) is 2. The van der Waals surface area contributed by atoms with Crippen LogP contribution in [0.5, 0.6) is 5.75 Å². The summed E-state index contributed by atoms with van der Waals surface area (Å²) in [7, 11) is -4.24. The summed E-state index contributed by atoms with van der Waals surface area (Å²) in [5, 5.41) is 2.57. The Hall–Kier alpha value is -2.83. The summed E-state index contributed by atoms with van der Waals surface area (Å²) in [5.74, 6) is -1.09. The number of esters is 1. The van der Waals surface area contributed by atoms with Gasteiger partial charge in [0.2, 0.25) is 0 Å². The fraction of sp³-hybridized carbons (Fsp3) is 0.542. The second-order valence-electron chi connectivity index (χ2n) is 9.22. The number of aromatic amines is 1. The molecule has 1 aliphatic carbocycles. The van der Waals surface area contributed by atoms with Gasteiger partial charge in [0.05, 0.1) is 6.61 Å². The van der Waals surface area contributed by atoms with Crippen LogP contribution in [0.3, 0.4) is 0 Å². The average Bonchev–Trinajstić information content (AvgIpc) is 3.36. The van der Waals surface area contributed by atoms with Gasteiger partial charge in [0.1, 0.15) is 30.3 Å². The van der Waals surface area contributed by atoms with E-state index in [1.54, 1.807) is 6.92 Å². The Kier molecular flexibility index (Phi) is 9.16. The van der Waals surface area contributed by atoms with Gasteiger partial charge in [0.15, 0.2) is 12.5 Å². The van der Waals surface area contributed by atoms with Crippen LogP contribution in [0.1, 0.15) is 50.8 Å². The van der Waals surface area contributed by atoms with Crippen LogP contribution in [0.15, 0.2) is 40.1 Å². The Morgan fingerprint density at radius 1 is 1.24 bits per heavy atom. The van der Waals surface area contributed by atoms with Crippen molar-refractivity contribution in [2.24, 2.45) is 0 Å². The number of benzene rings is 1. The Morgan fingerprint density at radius 3 is 2.66 bits per heavy atom. The van der Waals surface area contributed by atoms with Crippen LogP contribution >= 0.6 is 7.75 Å². The van der Waals surface area contributed by atoms with Crippen molar-refractivity contribution in [3.63, 3.8) is 0 Å². The predicted molar refractivity (Wildman–Crippen MR) is 132 cm³/mol. The number of halogens is 1. The van der Waals surface area contributed by atoms with Crippen molar-refractivity contribution in [2.75, 3.05) is 13.2 Å². The summed E-state index contributed by atoms with van der Waals surface area (Å²) in [5.41, 5.74) is -0.873. The summed E-state index contributed by atoms with van der Waals surface area (Å²) in [4.78, 5) is 38.6. The zero-order chi connectivity index (χ0) is 27.3. The lowest BCUT2D eigenvalue weighted by Crippen LogP contribution is -2.38. The summed E-state index contributed by atoms with van der Waals surface area (Å²) >= 11 is 0. The molecule has 2 N–H and O–H groups in total. The Morgan fingerprint density at radius 2 is 1.95 bits per heavy atom. The molecule has 2 aliphatic rings. The molecule has 1 aromatic heterocycles. The average molecular weight is 555 g/mol. The quantitative estimate of drug-likeness (QED) is 0.331. The SMILES string of the molecule is Cc1cn([C@H]2CO[C@@H](COP(=O)(N[C@@H](C)C(=O)OC3CCCCC3)Oc3ccc(F)cc3)O2)c(=O)[nH]c1=O. The number of aryl methyl sites for hydroxylation is 1. The molecule has 2 heterocycles. The lowest BCUT2D eigenvalue weighted by atomic mass is 9.98. The molecule has 2 aromatic rings. The van der Waals surface area contributed by atoms with Gasteiger partial charge in [-0.25, -0.2) is 13.8 Å². The van der Waals surface area contributed by atoms with Crippen molar-refractivity contribution < 1.29 is 37.0 Å². The van der Waals surface area contributed by atoms with Gasteiger partial charge in [-0.2, -0.15) is 5.09 Å². The van der Waals surface area contributed by atoms with Gasteiger partial charge in [-0.05, 0) is 63.8 Å². The summed E-state index contributed by atoms with van der Waals surface area (Å²) in [6.07, 6.45) is 3.83. The zero-order valence-corrected chi connectivity index (χ0v) is 22.0. The Labute approximate surface area is 218 Å². The molecule has 0 radical (unpaired) electrons. The predicted octanol–water partition coefficient (Wildman–Crippen LogP) is 2.91. The van der Waals surface area contributed by atoms with E-state index >= 15 is 0 Å². The smallest absolute Gasteiger partial charge is 0.459 e. The van der Waals surface area contributed by atoms with Gasteiger partial charge >= 0.3 is 19.4 Å². The first-order valence-corrected chi connectivity index (χ1v) is 13.9. The summed E-state index contributed by atoms with van der Waals surface area (Å²) < 4.78 is 56.0. The maximum absolute atomic E-state index is 13.7.